The number of methoxy groups -OCH3 is 3. The van der Waals surface area contributed by atoms with Crippen LogP contribution in [-0.2, 0) is 17.7 Å². The Kier molecular flexibility index (Phi) is 7.03. The second kappa shape index (κ2) is 10.1. The van der Waals surface area contributed by atoms with Gasteiger partial charge in [-0.1, -0.05) is 50.2 Å². The standard InChI is InChI=1S/C31H37NO6/c1-6-32(7-2)19-21-15-22(13-14-25(21)36-4)31-24(20-11-9-8-10-12-20)18-28(33)30(31,34)29-26(37-5)16-23(35-3)17-27(29)38-31/h8-17,24,28,33-34H,6-7,18-19H2,1-5H3/t24-,28+,30+,31-/m0/s1. The van der Waals surface area contributed by atoms with E-state index in [1.54, 1.807) is 33.5 Å². The van der Waals surface area contributed by atoms with Gasteiger partial charge in [0.2, 0.25) is 0 Å². The van der Waals surface area contributed by atoms with E-state index in [2.05, 4.69) is 24.8 Å². The van der Waals surface area contributed by atoms with Crippen LogP contribution in [0.2, 0.25) is 0 Å². The number of hydrogen-bond donors (Lipinski definition) is 2. The zero-order valence-corrected chi connectivity index (χ0v) is 22.7. The van der Waals surface area contributed by atoms with E-state index in [-0.39, 0.29) is 5.92 Å². The molecule has 0 bridgehead atoms. The topological polar surface area (TPSA) is 80.6 Å². The average molecular weight is 520 g/mol. The van der Waals surface area contributed by atoms with Gasteiger partial charge in [0, 0.05) is 30.2 Å². The number of ether oxygens (including phenoxy) is 4. The van der Waals surface area contributed by atoms with Gasteiger partial charge in [0.25, 0.3) is 0 Å². The van der Waals surface area contributed by atoms with E-state index in [0.29, 0.717) is 35.8 Å². The molecular formula is C31H37NO6. The van der Waals surface area contributed by atoms with Crippen molar-refractivity contribution in [3.05, 3.63) is 82.9 Å². The summed E-state index contributed by atoms with van der Waals surface area (Å²) < 4.78 is 23.9. The smallest absolute Gasteiger partial charge is 0.176 e. The molecule has 0 aromatic heterocycles. The molecule has 1 heterocycles. The summed E-state index contributed by atoms with van der Waals surface area (Å²) >= 11 is 0. The molecule has 7 nitrogen and oxygen atoms in total. The predicted octanol–water partition coefficient (Wildman–Crippen LogP) is 4.58. The highest BCUT2D eigenvalue weighted by Gasteiger charge is 2.73. The van der Waals surface area contributed by atoms with E-state index >= 15 is 0 Å². The molecule has 3 aromatic carbocycles. The lowest BCUT2D eigenvalue weighted by Crippen LogP contribution is -2.52. The van der Waals surface area contributed by atoms with Crippen molar-refractivity contribution < 1.29 is 29.2 Å². The van der Waals surface area contributed by atoms with Crippen LogP contribution in [0, 0.1) is 0 Å². The molecular weight excluding hydrogens is 482 g/mol. The molecule has 7 heteroatoms. The molecule has 0 radical (unpaired) electrons. The average Bonchev–Trinajstić information content (AvgIpc) is 3.36. The Morgan fingerprint density at radius 1 is 0.921 bits per heavy atom. The van der Waals surface area contributed by atoms with E-state index in [1.807, 2.05) is 42.5 Å². The van der Waals surface area contributed by atoms with Crippen LogP contribution in [0.1, 0.15) is 48.4 Å². The number of aliphatic hydroxyl groups excluding tert-OH is 1. The zero-order chi connectivity index (χ0) is 27.1. The molecule has 5 rings (SSSR count). The number of aliphatic hydroxyl groups is 2. The molecule has 38 heavy (non-hydrogen) atoms. The Bertz CT molecular complexity index is 1290. The van der Waals surface area contributed by atoms with Crippen LogP contribution in [0.15, 0.2) is 60.7 Å². The monoisotopic (exact) mass is 519 g/mol. The molecule has 2 N–H and O–H groups in total. The normalized spacial score (nSPS) is 25.6. The SMILES string of the molecule is CCN(CC)Cc1cc([C@@]23Oc4cc(OC)cc(OC)c4[C@]2(O)[C@H](O)C[C@H]3c2ccccc2)ccc1OC. The molecule has 0 saturated heterocycles. The van der Waals surface area contributed by atoms with E-state index in [0.717, 1.165) is 35.5 Å². The van der Waals surface area contributed by atoms with Crippen molar-refractivity contribution in [2.75, 3.05) is 34.4 Å². The third-order valence-electron chi connectivity index (χ3n) is 8.34. The molecule has 202 valence electrons. The van der Waals surface area contributed by atoms with E-state index in [1.165, 1.54) is 0 Å². The highest BCUT2D eigenvalue weighted by Crippen LogP contribution is 2.68. The maximum atomic E-state index is 12.7. The zero-order valence-electron chi connectivity index (χ0n) is 22.7. The summed E-state index contributed by atoms with van der Waals surface area (Å²) in [7, 11) is 4.79. The van der Waals surface area contributed by atoms with Crippen molar-refractivity contribution in [3.8, 4) is 23.0 Å². The molecule has 4 atom stereocenters. The summed E-state index contributed by atoms with van der Waals surface area (Å²) in [6, 6.07) is 19.4. The van der Waals surface area contributed by atoms with Crippen LogP contribution < -0.4 is 18.9 Å². The first-order chi connectivity index (χ1) is 18.4. The Balaban J connectivity index is 1.78. The lowest BCUT2D eigenvalue weighted by Gasteiger charge is -2.41. The second-order valence-electron chi connectivity index (χ2n) is 10.0. The predicted molar refractivity (Wildman–Crippen MR) is 145 cm³/mol. The van der Waals surface area contributed by atoms with Crippen molar-refractivity contribution in [2.45, 2.75) is 50.0 Å². The number of benzene rings is 3. The van der Waals surface area contributed by atoms with Gasteiger partial charge in [-0.05, 0) is 42.8 Å². The van der Waals surface area contributed by atoms with Gasteiger partial charge in [-0.15, -0.1) is 0 Å². The summed E-state index contributed by atoms with van der Waals surface area (Å²) in [6.07, 6.45) is -0.795. The first-order valence-electron chi connectivity index (χ1n) is 13.2. The van der Waals surface area contributed by atoms with Gasteiger partial charge in [-0.3, -0.25) is 4.90 Å². The van der Waals surface area contributed by atoms with Gasteiger partial charge in [0.1, 0.15) is 23.0 Å². The lowest BCUT2D eigenvalue weighted by molar-refractivity contribution is -0.150. The minimum absolute atomic E-state index is 0.312. The molecule has 1 aliphatic heterocycles. The summed E-state index contributed by atoms with van der Waals surface area (Å²) in [5.41, 5.74) is 0.0742. The lowest BCUT2D eigenvalue weighted by atomic mass is 9.71. The molecule has 0 amide bonds. The Morgan fingerprint density at radius 3 is 2.26 bits per heavy atom. The van der Waals surface area contributed by atoms with Crippen LogP contribution in [-0.4, -0.2) is 55.6 Å². The first kappa shape index (κ1) is 26.4. The Hall–Kier alpha value is -3.26. The Morgan fingerprint density at radius 2 is 1.63 bits per heavy atom. The number of hydrogen-bond acceptors (Lipinski definition) is 7. The molecule has 2 aliphatic rings. The van der Waals surface area contributed by atoms with Crippen LogP contribution in [0.3, 0.4) is 0 Å². The maximum absolute atomic E-state index is 12.7. The number of fused-ring (bicyclic) bond motifs is 3. The molecule has 3 aromatic rings. The van der Waals surface area contributed by atoms with Crippen LogP contribution >= 0.6 is 0 Å². The maximum Gasteiger partial charge on any atom is 0.176 e. The molecule has 0 unspecified atom stereocenters. The van der Waals surface area contributed by atoms with Crippen LogP contribution in [0.4, 0.5) is 0 Å². The van der Waals surface area contributed by atoms with Crippen molar-refractivity contribution in [3.63, 3.8) is 0 Å². The fourth-order valence-electron chi connectivity index (χ4n) is 6.41. The molecule has 1 saturated carbocycles. The van der Waals surface area contributed by atoms with Crippen LogP contribution in [0.5, 0.6) is 23.0 Å². The second-order valence-corrected chi connectivity index (χ2v) is 10.0. The van der Waals surface area contributed by atoms with Gasteiger partial charge in [-0.2, -0.15) is 0 Å². The summed E-state index contributed by atoms with van der Waals surface area (Å²) in [5, 5.41) is 24.4. The summed E-state index contributed by atoms with van der Waals surface area (Å²) in [6.45, 7) is 6.73. The number of rotatable bonds is 9. The fraction of sp³-hybridized carbons (Fsp3) is 0.419. The Labute approximate surface area is 224 Å². The fourth-order valence-corrected chi connectivity index (χ4v) is 6.41. The minimum atomic E-state index is -1.78. The first-order valence-corrected chi connectivity index (χ1v) is 13.2. The largest absolute Gasteiger partial charge is 0.496 e. The summed E-state index contributed by atoms with van der Waals surface area (Å²) in [5.74, 6) is 1.81. The minimum Gasteiger partial charge on any atom is -0.496 e. The summed E-state index contributed by atoms with van der Waals surface area (Å²) in [4.78, 5) is 2.31. The van der Waals surface area contributed by atoms with Crippen molar-refractivity contribution in [2.24, 2.45) is 0 Å². The van der Waals surface area contributed by atoms with Crippen molar-refractivity contribution >= 4 is 0 Å². The van der Waals surface area contributed by atoms with Gasteiger partial charge in [-0.25, -0.2) is 0 Å². The van der Waals surface area contributed by atoms with Crippen LogP contribution in [0.25, 0.3) is 0 Å². The third-order valence-corrected chi connectivity index (χ3v) is 8.34. The highest BCUT2D eigenvalue weighted by atomic mass is 16.5. The number of nitrogens with zero attached hydrogens (tertiary/aromatic N) is 1. The quantitative estimate of drug-likeness (QED) is 0.428. The van der Waals surface area contributed by atoms with Gasteiger partial charge in [0.05, 0.1) is 33.0 Å². The van der Waals surface area contributed by atoms with E-state index < -0.39 is 17.3 Å². The third kappa shape index (κ3) is 3.75. The molecule has 1 aliphatic carbocycles. The van der Waals surface area contributed by atoms with E-state index in [9.17, 15) is 10.2 Å². The van der Waals surface area contributed by atoms with Gasteiger partial charge >= 0.3 is 0 Å². The van der Waals surface area contributed by atoms with Crippen molar-refractivity contribution in [1.29, 1.82) is 0 Å². The van der Waals surface area contributed by atoms with E-state index in [4.69, 9.17) is 18.9 Å². The molecule has 0 spiro atoms. The van der Waals surface area contributed by atoms with Crippen molar-refractivity contribution in [1.82, 2.24) is 4.90 Å². The van der Waals surface area contributed by atoms with Gasteiger partial charge < -0.3 is 29.2 Å². The molecule has 1 fully saturated rings. The highest BCUT2D eigenvalue weighted by molar-refractivity contribution is 5.62. The van der Waals surface area contributed by atoms with Gasteiger partial charge in [0.15, 0.2) is 11.2 Å².